The number of aromatic amines is 1. The number of aliphatic hydroxyl groups excluding tert-OH is 1. The van der Waals surface area contributed by atoms with Gasteiger partial charge in [0.2, 0.25) is 0 Å². The summed E-state index contributed by atoms with van der Waals surface area (Å²) < 4.78 is 0.829. The smallest absolute Gasteiger partial charge is 0.158 e. The fourth-order valence-corrected chi connectivity index (χ4v) is 3.96. The van der Waals surface area contributed by atoms with Gasteiger partial charge < -0.3 is 10.1 Å². The molecule has 0 aliphatic carbocycles. The lowest BCUT2D eigenvalue weighted by Crippen LogP contribution is -1.75. The minimum atomic E-state index is -0.0657. The van der Waals surface area contributed by atoms with Gasteiger partial charge in [0, 0.05) is 10.9 Å². The van der Waals surface area contributed by atoms with Crippen LogP contribution in [-0.2, 0) is 6.61 Å². The second-order valence-electron chi connectivity index (χ2n) is 3.67. The number of nitrogens with zero attached hydrogens (tertiary/aromatic N) is 1. The first-order chi connectivity index (χ1) is 8.76. The van der Waals surface area contributed by atoms with Crippen molar-refractivity contribution in [1.82, 2.24) is 9.97 Å². The molecular formula is C12H9ClN2OS2. The molecule has 0 aliphatic rings. The largest absolute Gasteiger partial charge is 0.391 e. The summed E-state index contributed by atoms with van der Waals surface area (Å²) in [6.07, 6.45) is 0. The Labute approximate surface area is 117 Å². The van der Waals surface area contributed by atoms with Gasteiger partial charge in [-0.1, -0.05) is 29.8 Å². The van der Waals surface area contributed by atoms with Gasteiger partial charge in [0.15, 0.2) is 4.34 Å². The quantitative estimate of drug-likeness (QED) is 0.770. The van der Waals surface area contributed by atoms with E-state index in [1.165, 1.54) is 28.5 Å². The number of fused-ring (bicyclic) bond motifs is 1. The lowest BCUT2D eigenvalue weighted by atomic mass is 10.3. The number of nitrogens with one attached hydrogen (secondary N) is 1. The predicted octanol–water partition coefficient (Wildman–Crippen LogP) is 3.92. The summed E-state index contributed by atoms with van der Waals surface area (Å²) in [6, 6.07) is 10.2. The zero-order chi connectivity index (χ0) is 12.5. The van der Waals surface area contributed by atoms with Gasteiger partial charge in [-0.25, -0.2) is 4.98 Å². The van der Waals surface area contributed by atoms with Gasteiger partial charge in [-0.3, -0.25) is 0 Å². The maximum atomic E-state index is 9.08. The van der Waals surface area contributed by atoms with Gasteiger partial charge in [-0.2, -0.15) is 0 Å². The van der Waals surface area contributed by atoms with Gasteiger partial charge in [0.1, 0.15) is 5.15 Å². The van der Waals surface area contributed by atoms with Crippen molar-refractivity contribution in [3.8, 4) is 0 Å². The Kier molecular flexibility index (Phi) is 3.30. The average molecular weight is 297 g/mol. The summed E-state index contributed by atoms with van der Waals surface area (Å²) >= 11 is 8.84. The third kappa shape index (κ3) is 2.27. The molecule has 0 fully saturated rings. The van der Waals surface area contributed by atoms with Crippen LogP contribution in [0.15, 0.2) is 39.7 Å². The number of aromatic nitrogens is 2. The molecule has 2 heterocycles. The first-order valence-electron chi connectivity index (χ1n) is 5.28. The van der Waals surface area contributed by atoms with E-state index in [9.17, 15) is 0 Å². The molecule has 0 bridgehead atoms. The van der Waals surface area contributed by atoms with Gasteiger partial charge in [0.25, 0.3) is 0 Å². The first kappa shape index (κ1) is 12.0. The number of aliphatic hydroxyl groups is 1. The van der Waals surface area contributed by atoms with E-state index in [2.05, 4.69) is 22.1 Å². The monoisotopic (exact) mass is 296 g/mol. The molecule has 2 N–H and O–H groups in total. The number of rotatable bonds is 3. The van der Waals surface area contributed by atoms with E-state index in [1.807, 2.05) is 18.2 Å². The van der Waals surface area contributed by atoms with Crippen LogP contribution in [0, 0.1) is 0 Å². The number of para-hydroxylation sites is 1. The fraction of sp³-hybridized carbons (Fsp3) is 0.0833. The van der Waals surface area contributed by atoms with Gasteiger partial charge in [-0.05, 0) is 23.9 Å². The third-order valence-electron chi connectivity index (χ3n) is 2.48. The molecule has 3 nitrogen and oxygen atoms in total. The SMILES string of the molecule is OCc1sc(Sc2cc3ccccc3[nH]2)nc1Cl. The van der Waals surface area contributed by atoms with E-state index >= 15 is 0 Å². The second-order valence-corrected chi connectivity index (χ2v) is 6.41. The topological polar surface area (TPSA) is 48.9 Å². The van der Waals surface area contributed by atoms with Crippen molar-refractivity contribution in [3.05, 3.63) is 40.4 Å². The third-order valence-corrected chi connectivity index (χ3v) is 4.94. The van der Waals surface area contributed by atoms with E-state index < -0.39 is 0 Å². The minimum Gasteiger partial charge on any atom is -0.391 e. The summed E-state index contributed by atoms with van der Waals surface area (Å²) in [5.74, 6) is 0. The van der Waals surface area contributed by atoms with E-state index in [1.54, 1.807) is 0 Å². The van der Waals surface area contributed by atoms with E-state index in [4.69, 9.17) is 16.7 Å². The zero-order valence-electron chi connectivity index (χ0n) is 9.18. The Bertz CT molecular complexity index is 659. The number of H-pyrrole nitrogens is 1. The van der Waals surface area contributed by atoms with Gasteiger partial charge >= 0.3 is 0 Å². The molecule has 0 amide bonds. The van der Waals surface area contributed by atoms with Crippen LogP contribution in [0.5, 0.6) is 0 Å². The van der Waals surface area contributed by atoms with Crippen LogP contribution < -0.4 is 0 Å². The van der Waals surface area contributed by atoms with E-state index in [0.29, 0.717) is 10.0 Å². The van der Waals surface area contributed by atoms with Crippen LogP contribution in [0.25, 0.3) is 10.9 Å². The van der Waals surface area contributed by atoms with E-state index in [0.717, 1.165) is 14.9 Å². The molecule has 0 saturated carbocycles. The molecule has 0 saturated heterocycles. The van der Waals surface area contributed by atoms with Crippen LogP contribution in [0.2, 0.25) is 5.15 Å². The molecular weight excluding hydrogens is 288 g/mol. The number of hydrogen-bond donors (Lipinski definition) is 2. The minimum absolute atomic E-state index is 0.0657. The maximum absolute atomic E-state index is 9.08. The second kappa shape index (κ2) is 4.93. The standard InChI is InChI=1S/C12H9ClN2OS2/c13-11-9(6-16)17-12(15-11)18-10-5-7-3-1-2-4-8(7)14-10/h1-5,14,16H,6H2. The van der Waals surface area contributed by atoms with Crippen LogP contribution in [0.4, 0.5) is 0 Å². The fourth-order valence-electron chi connectivity index (χ4n) is 1.65. The maximum Gasteiger partial charge on any atom is 0.158 e. The Morgan fingerprint density at radius 2 is 2.22 bits per heavy atom. The van der Waals surface area contributed by atoms with Gasteiger partial charge in [-0.15, -0.1) is 11.3 Å². The van der Waals surface area contributed by atoms with Crippen molar-refractivity contribution in [2.75, 3.05) is 0 Å². The lowest BCUT2D eigenvalue weighted by molar-refractivity contribution is 0.285. The molecule has 92 valence electrons. The number of halogens is 1. The Hall–Kier alpha value is -1.01. The van der Waals surface area contributed by atoms with Gasteiger partial charge in [0.05, 0.1) is 16.5 Å². The Morgan fingerprint density at radius 3 is 2.94 bits per heavy atom. The van der Waals surface area contributed by atoms with Crippen molar-refractivity contribution in [3.63, 3.8) is 0 Å². The molecule has 0 spiro atoms. The summed E-state index contributed by atoms with van der Waals surface area (Å²) in [7, 11) is 0. The number of hydrogen-bond acceptors (Lipinski definition) is 4. The molecule has 3 rings (SSSR count). The molecule has 18 heavy (non-hydrogen) atoms. The Balaban J connectivity index is 1.91. The van der Waals surface area contributed by atoms with Crippen LogP contribution in [0.3, 0.4) is 0 Å². The van der Waals surface area contributed by atoms with Crippen LogP contribution in [-0.4, -0.2) is 15.1 Å². The normalized spacial score (nSPS) is 11.2. The highest BCUT2D eigenvalue weighted by atomic mass is 35.5. The lowest BCUT2D eigenvalue weighted by Gasteiger charge is -1.90. The molecule has 3 aromatic rings. The zero-order valence-corrected chi connectivity index (χ0v) is 11.6. The summed E-state index contributed by atoms with van der Waals surface area (Å²) in [4.78, 5) is 8.23. The average Bonchev–Trinajstić information content (AvgIpc) is 2.92. The summed E-state index contributed by atoms with van der Waals surface area (Å²) in [6.45, 7) is -0.0657. The summed E-state index contributed by atoms with van der Waals surface area (Å²) in [5, 5.41) is 11.7. The highest BCUT2D eigenvalue weighted by Crippen LogP contribution is 2.35. The predicted molar refractivity (Wildman–Crippen MR) is 75.5 cm³/mol. The molecule has 0 unspecified atom stereocenters. The van der Waals surface area contributed by atoms with Crippen molar-refractivity contribution >= 4 is 45.6 Å². The summed E-state index contributed by atoms with van der Waals surface area (Å²) in [5.41, 5.74) is 1.10. The van der Waals surface area contributed by atoms with Crippen molar-refractivity contribution in [1.29, 1.82) is 0 Å². The highest BCUT2D eigenvalue weighted by molar-refractivity contribution is 8.01. The number of benzene rings is 1. The molecule has 0 aliphatic heterocycles. The molecule has 6 heteroatoms. The van der Waals surface area contributed by atoms with E-state index in [-0.39, 0.29) is 6.61 Å². The van der Waals surface area contributed by atoms with Crippen molar-refractivity contribution in [2.45, 2.75) is 16.0 Å². The Morgan fingerprint density at radius 1 is 1.39 bits per heavy atom. The van der Waals surface area contributed by atoms with Crippen molar-refractivity contribution in [2.24, 2.45) is 0 Å². The van der Waals surface area contributed by atoms with Crippen molar-refractivity contribution < 1.29 is 5.11 Å². The van der Waals surface area contributed by atoms with Crippen LogP contribution in [0.1, 0.15) is 4.88 Å². The highest BCUT2D eigenvalue weighted by Gasteiger charge is 2.10. The first-order valence-corrected chi connectivity index (χ1v) is 7.29. The molecule has 0 atom stereocenters. The van der Waals surface area contributed by atoms with Crippen LogP contribution >= 0.6 is 34.7 Å². The molecule has 0 radical (unpaired) electrons. The number of thiazole rings is 1. The molecule has 1 aromatic carbocycles. The molecule has 2 aromatic heterocycles.